The minimum Gasteiger partial charge on any atom is -0.259 e. The van der Waals surface area contributed by atoms with E-state index >= 15 is 0 Å². The number of fused-ring (bicyclic) bond motifs is 3. The van der Waals surface area contributed by atoms with Crippen molar-refractivity contribution in [3.05, 3.63) is 84.3 Å². The predicted octanol–water partition coefficient (Wildman–Crippen LogP) is 4.39. The van der Waals surface area contributed by atoms with Crippen molar-refractivity contribution in [2.45, 2.75) is 13.8 Å². The molecular weight excluding hydrogens is 332 g/mol. The summed E-state index contributed by atoms with van der Waals surface area (Å²) in [5, 5.41) is 0. The lowest BCUT2D eigenvalue weighted by Crippen LogP contribution is -2.34. The first-order chi connectivity index (χ1) is 13.1. The van der Waals surface area contributed by atoms with Gasteiger partial charge in [0.2, 0.25) is 0 Å². The molecule has 4 nitrogen and oxygen atoms in total. The van der Waals surface area contributed by atoms with E-state index in [1.165, 1.54) is 22.5 Å². The van der Waals surface area contributed by atoms with Gasteiger partial charge in [-0.1, -0.05) is 42.5 Å². The lowest BCUT2D eigenvalue weighted by atomic mass is 10.1. The van der Waals surface area contributed by atoms with Crippen LogP contribution in [0.3, 0.4) is 0 Å². The number of para-hydroxylation sites is 2. The highest BCUT2D eigenvalue weighted by molar-refractivity contribution is 5.80. The number of hydrogen-bond acceptors (Lipinski definition) is 1. The SMILES string of the molecule is Cc1c(C)n2c3ccccc3nc2n1-c1ccc(-c2ccccc2)c[n+]1C. The first-order valence-corrected chi connectivity index (χ1v) is 9.16. The molecule has 0 N–H and O–H groups in total. The first kappa shape index (κ1) is 15.8. The van der Waals surface area contributed by atoms with Crippen molar-refractivity contribution in [2.24, 2.45) is 7.05 Å². The van der Waals surface area contributed by atoms with Crippen LogP contribution in [-0.2, 0) is 7.05 Å². The summed E-state index contributed by atoms with van der Waals surface area (Å²) in [5.41, 5.74) is 7.00. The molecule has 0 atom stereocenters. The number of aryl methyl sites for hydroxylation is 2. The molecule has 132 valence electrons. The van der Waals surface area contributed by atoms with Gasteiger partial charge in [0.1, 0.15) is 5.69 Å². The number of pyridine rings is 1. The van der Waals surface area contributed by atoms with Crippen molar-refractivity contribution in [2.75, 3.05) is 0 Å². The predicted molar refractivity (Wildman–Crippen MR) is 108 cm³/mol. The Kier molecular flexibility index (Phi) is 3.41. The molecule has 2 aromatic carbocycles. The normalized spacial score (nSPS) is 11.5. The lowest BCUT2D eigenvalue weighted by molar-refractivity contribution is -0.665. The molecule has 0 aliphatic carbocycles. The highest BCUT2D eigenvalue weighted by atomic mass is 15.3. The van der Waals surface area contributed by atoms with Crippen LogP contribution in [0.5, 0.6) is 0 Å². The Labute approximate surface area is 158 Å². The summed E-state index contributed by atoms with van der Waals surface area (Å²) in [7, 11) is 2.09. The zero-order valence-corrected chi connectivity index (χ0v) is 15.7. The summed E-state index contributed by atoms with van der Waals surface area (Å²) in [5.74, 6) is 2.05. The number of hydrogen-bond donors (Lipinski definition) is 0. The second kappa shape index (κ2) is 5.81. The van der Waals surface area contributed by atoms with E-state index in [0.717, 1.165) is 22.6 Å². The molecule has 3 aromatic heterocycles. The molecule has 27 heavy (non-hydrogen) atoms. The third-order valence-corrected chi connectivity index (χ3v) is 5.38. The van der Waals surface area contributed by atoms with Crippen molar-refractivity contribution in [3.63, 3.8) is 0 Å². The van der Waals surface area contributed by atoms with Crippen LogP contribution in [0.4, 0.5) is 0 Å². The fourth-order valence-electron chi connectivity index (χ4n) is 3.88. The van der Waals surface area contributed by atoms with Gasteiger partial charge in [-0.15, -0.1) is 0 Å². The van der Waals surface area contributed by atoms with E-state index in [2.05, 4.69) is 95.2 Å². The summed E-state index contributed by atoms with van der Waals surface area (Å²) in [6.45, 7) is 4.31. The van der Waals surface area contributed by atoms with Gasteiger partial charge in [0.15, 0.2) is 0 Å². The summed E-state index contributed by atoms with van der Waals surface area (Å²) >= 11 is 0. The number of rotatable bonds is 2. The van der Waals surface area contributed by atoms with Crippen molar-refractivity contribution < 1.29 is 4.57 Å². The Bertz CT molecular complexity index is 1290. The monoisotopic (exact) mass is 353 g/mol. The summed E-state index contributed by atoms with van der Waals surface area (Å²) < 4.78 is 6.66. The first-order valence-electron chi connectivity index (χ1n) is 9.16. The molecule has 0 aliphatic rings. The van der Waals surface area contributed by atoms with Crippen LogP contribution in [0.15, 0.2) is 72.9 Å². The van der Waals surface area contributed by atoms with E-state index in [4.69, 9.17) is 4.98 Å². The van der Waals surface area contributed by atoms with Crippen molar-refractivity contribution >= 4 is 16.8 Å². The molecule has 0 unspecified atom stereocenters. The minimum absolute atomic E-state index is 0.953. The van der Waals surface area contributed by atoms with Crippen LogP contribution in [0.2, 0.25) is 0 Å². The Morgan fingerprint density at radius 1 is 0.778 bits per heavy atom. The van der Waals surface area contributed by atoms with Gasteiger partial charge in [0.05, 0.1) is 30.0 Å². The van der Waals surface area contributed by atoms with E-state index in [1.54, 1.807) is 0 Å². The van der Waals surface area contributed by atoms with E-state index in [9.17, 15) is 0 Å². The Hall–Kier alpha value is -3.40. The van der Waals surface area contributed by atoms with Crippen molar-refractivity contribution in [1.29, 1.82) is 0 Å². The number of nitrogens with zero attached hydrogens (tertiary/aromatic N) is 4. The van der Waals surface area contributed by atoms with Gasteiger partial charge in [-0.25, -0.2) is 4.57 Å². The van der Waals surface area contributed by atoms with Gasteiger partial charge < -0.3 is 0 Å². The zero-order chi connectivity index (χ0) is 18.5. The van der Waals surface area contributed by atoms with Crippen LogP contribution < -0.4 is 4.57 Å². The van der Waals surface area contributed by atoms with Crippen LogP contribution in [-0.4, -0.2) is 14.0 Å². The molecule has 5 rings (SSSR count). The molecule has 0 saturated carbocycles. The van der Waals surface area contributed by atoms with Crippen LogP contribution in [0.25, 0.3) is 33.8 Å². The molecular formula is C23H21N4+. The largest absolute Gasteiger partial charge is 0.312 e. The molecule has 0 fully saturated rings. The third kappa shape index (κ3) is 2.30. The maximum atomic E-state index is 4.91. The van der Waals surface area contributed by atoms with Crippen molar-refractivity contribution in [3.8, 4) is 16.9 Å². The molecule has 5 aromatic rings. The smallest absolute Gasteiger partial charge is 0.259 e. The second-order valence-electron chi connectivity index (χ2n) is 7.00. The van der Waals surface area contributed by atoms with Gasteiger partial charge in [-0.05, 0) is 37.6 Å². The minimum atomic E-state index is 0.953. The van der Waals surface area contributed by atoms with Crippen LogP contribution >= 0.6 is 0 Å². The average Bonchev–Trinajstić information content (AvgIpc) is 3.18. The fraction of sp³-hybridized carbons (Fsp3) is 0.130. The Morgan fingerprint density at radius 3 is 2.30 bits per heavy atom. The summed E-state index contributed by atoms with van der Waals surface area (Å²) in [6, 6.07) is 23.1. The standard InChI is InChI=1S/C23H21N4/c1-16-17(2)27(23-24-20-11-7-8-12-21(20)26(16)23)22-14-13-19(15-25(22)3)18-9-5-4-6-10-18/h4-15H,1-3H3/q+1. The Morgan fingerprint density at radius 2 is 1.52 bits per heavy atom. The van der Waals surface area contributed by atoms with E-state index in [-0.39, 0.29) is 0 Å². The van der Waals surface area contributed by atoms with E-state index in [0.29, 0.717) is 0 Å². The van der Waals surface area contributed by atoms with E-state index < -0.39 is 0 Å². The number of imidazole rings is 2. The molecule has 0 saturated heterocycles. The van der Waals surface area contributed by atoms with Crippen molar-refractivity contribution in [1.82, 2.24) is 14.0 Å². The second-order valence-corrected chi connectivity index (χ2v) is 7.00. The van der Waals surface area contributed by atoms with Gasteiger partial charge in [-0.3, -0.25) is 4.40 Å². The van der Waals surface area contributed by atoms with Gasteiger partial charge in [0, 0.05) is 11.6 Å². The van der Waals surface area contributed by atoms with Crippen LogP contribution in [0.1, 0.15) is 11.4 Å². The fourth-order valence-corrected chi connectivity index (χ4v) is 3.88. The average molecular weight is 353 g/mol. The molecule has 4 heteroatoms. The number of benzene rings is 2. The summed E-state index contributed by atoms with van der Waals surface area (Å²) in [6.07, 6.45) is 2.18. The molecule has 0 spiro atoms. The third-order valence-electron chi connectivity index (χ3n) is 5.38. The molecule has 0 bridgehead atoms. The molecule has 3 heterocycles. The van der Waals surface area contributed by atoms with Gasteiger partial charge in [-0.2, -0.15) is 9.55 Å². The van der Waals surface area contributed by atoms with Gasteiger partial charge >= 0.3 is 5.78 Å². The highest BCUT2D eigenvalue weighted by Crippen LogP contribution is 2.26. The lowest BCUT2D eigenvalue weighted by Gasteiger charge is -2.06. The van der Waals surface area contributed by atoms with Gasteiger partial charge in [0.25, 0.3) is 5.82 Å². The summed E-state index contributed by atoms with van der Waals surface area (Å²) in [4.78, 5) is 4.91. The Balaban J connectivity index is 1.75. The topological polar surface area (TPSA) is 26.1 Å². The maximum absolute atomic E-state index is 4.91. The molecule has 0 radical (unpaired) electrons. The zero-order valence-electron chi connectivity index (χ0n) is 15.7. The molecule has 0 aliphatic heterocycles. The highest BCUT2D eigenvalue weighted by Gasteiger charge is 2.24. The quantitative estimate of drug-likeness (QED) is 0.432. The molecule has 0 amide bonds. The van der Waals surface area contributed by atoms with E-state index in [1.807, 2.05) is 12.1 Å². The maximum Gasteiger partial charge on any atom is 0.312 e. The van der Waals surface area contributed by atoms with Crippen LogP contribution in [0, 0.1) is 13.8 Å². The number of aromatic nitrogens is 4.